The van der Waals surface area contributed by atoms with Crippen molar-refractivity contribution in [1.82, 2.24) is 9.97 Å². The van der Waals surface area contributed by atoms with Crippen LogP contribution in [0.2, 0.25) is 0 Å². The van der Waals surface area contributed by atoms with Crippen LogP contribution in [-0.2, 0) is 5.41 Å². The second-order valence-electron chi connectivity index (χ2n) is 5.24. The minimum Gasteiger partial charge on any atom is -0.346 e. The molecule has 0 unspecified atom stereocenters. The molecule has 2 aromatic heterocycles. The van der Waals surface area contributed by atoms with Gasteiger partial charge in [-0.15, -0.1) is 0 Å². The lowest BCUT2D eigenvalue weighted by Crippen LogP contribution is -2.13. The summed E-state index contributed by atoms with van der Waals surface area (Å²) in [6, 6.07) is 0. The Morgan fingerprint density at radius 3 is 2.47 bits per heavy atom. The van der Waals surface area contributed by atoms with Crippen LogP contribution in [0.25, 0.3) is 11.0 Å². The van der Waals surface area contributed by atoms with Crippen molar-refractivity contribution in [1.29, 1.82) is 0 Å². The molecule has 0 amide bonds. The van der Waals surface area contributed by atoms with E-state index < -0.39 is 0 Å². The number of aromatic nitrogens is 2. The van der Waals surface area contributed by atoms with Gasteiger partial charge in [-0.25, -0.2) is 4.98 Å². The number of hydrogen-bond acceptors (Lipinski definition) is 1. The maximum Gasteiger partial charge on any atom is 0.137 e. The summed E-state index contributed by atoms with van der Waals surface area (Å²) in [5.41, 5.74) is 5.12. The predicted octanol–water partition coefficient (Wildman–Crippen LogP) is 3.48. The maximum absolute atomic E-state index is 4.47. The fourth-order valence-corrected chi connectivity index (χ4v) is 2.20. The molecule has 1 N–H and O–H groups in total. The zero-order valence-corrected chi connectivity index (χ0v) is 10.1. The Morgan fingerprint density at radius 1 is 1.20 bits per heavy atom. The first-order valence-electron chi connectivity index (χ1n) is 5.35. The highest BCUT2D eigenvalue weighted by Crippen LogP contribution is 2.30. The van der Waals surface area contributed by atoms with Gasteiger partial charge in [-0.1, -0.05) is 20.8 Å². The lowest BCUT2D eigenvalue weighted by atomic mass is 9.84. The van der Waals surface area contributed by atoms with Crippen LogP contribution in [-0.4, -0.2) is 9.97 Å². The molecule has 2 nitrogen and oxygen atoms in total. The first kappa shape index (κ1) is 10.2. The fraction of sp³-hybridized carbons (Fsp3) is 0.462. The summed E-state index contributed by atoms with van der Waals surface area (Å²) in [5.74, 6) is 0. The molecule has 0 radical (unpaired) electrons. The largest absolute Gasteiger partial charge is 0.346 e. The summed E-state index contributed by atoms with van der Waals surface area (Å²) < 4.78 is 0. The predicted molar refractivity (Wildman–Crippen MR) is 64.3 cm³/mol. The molecule has 0 saturated carbocycles. The van der Waals surface area contributed by atoms with E-state index >= 15 is 0 Å². The molecule has 0 aliphatic rings. The highest BCUT2D eigenvalue weighted by molar-refractivity contribution is 5.84. The van der Waals surface area contributed by atoms with Gasteiger partial charge < -0.3 is 4.98 Å². The van der Waals surface area contributed by atoms with Crippen LogP contribution >= 0.6 is 0 Å². The van der Waals surface area contributed by atoms with Crippen LogP contribution in [0.4, 0.5) is 0 Å². The van der Waals surface area contributed by atoms with Gasteiger partial charge in [0.05, 0.1) is 0 Å². The Bertz CT molecular complexity index is 501. The van der Waals surface area contributed by atoms with Crippen LogP contribution in [0, 0.1) is 13.8 Å². The van der Waals surface area contributed by atoms with Crippen LogP contribution in [0.5, 0.6) is 0 Å². The molecule has 0 aliphatic heterocycles. The monoisotopic (exact) mass is 202 g/mol. The first-order chi connectivity index (χ1) is 6.91. The summed E-state index contributed by atoms with van der Waals surface area (Å²) in [6.45, 7) is 11.0. The standard InChI is InChI=1S/C13H18N2/c1-8-6-14-12-11(8)9(2)10(7-15-12)13(3,4)5/h6-7H,1-5H3,(H,14,15). The highest BCUT2D eigenvalue weighted by Gasteiger charge is 2.19. The molecule has 15 heavy (non-hydrogen) atoms. The molecule has 0 spiro atoms. The van der Waals surface area contributed by atoms with Gasteiger partial charge in [0.1, 0.15) is 5.65 Å². The average molecular weight is 202 g/mol. The summed E-state index contributed by atoms with van der Waals surface area (Å²) in [6.07, 6.45) is 4.02. The summed E-state index contributed by atoms with van der Waals surface area (Å²) in [7, 11) is 0. The van der Waals surface area contributed by atoms with Gasteiger partial charge in [-0.05, 0) is 36.0 Å². The van der Waals surface area contributed by atoms with E-state index in [0.717, 1.165) is 5.65 Å². The molecule has 0 fully saturated rings. The van der Waals surface area contributed by atoms with E-state index in [9.17, 15) is 0 Å². The number of nitrogens with zero attached hydrogens (tertiary/aromatic N) is 1. The highest BCUT2D eigenvalue weighted by atomic mass is 14.8. The van der Waals surface area contributed by atoms with Crippen LogP contribution in [0.1, 0.15) is 37.5 Å². The average Bonchev–Trinajstić information content (AvgIpc) is 2.46. The molecule has 2 aromatic rings. The molecule has 2 rings (SSSR count). The Kier molecular flexibility index (Phi) is 2.10. The lowest BCUT2D eigenvalue weighted by Gasteiger charge is -2.21. The number of aromatic amines is 1. The topological polar surface area (TPSA) is 28.7 Å². The molecule has 0 atom stereocenters. The maximum atomic E-state index is 4.47. The molecule has 2 heteroatoms. The SMILES string of the molecule is Cc1c[nH]c2ncc(C(C)(C)C)c(C)c12. The smallest absolute Gasteiger partial charge is 0.137 e. The molecule has 0 aromatic carbocycles. The van der Waals surface area contributed by atoms with Gasteiger partial charge in [0.15, 0.2) is 0 Å². The Labute approximate surface area is 90.7 Å². The number of nitrogens with one attached hydrogen (secondary N) is 1. The summed E-state index contributed by atoms with van der Waals surface area (Å²) in [5, 5.41) is 1.28. The van der Waals surface area contributed by atoms with Crippen molar-refractivity contribution in [2.24, 2.45) is 0 Å². The van der Waals surface area contributed by atoms with Crippen molar-refractivity contribution in [2.75, 3.05) is 0 Å². The summed E-state index contributed by atoms with van der Waals surface area (Å²) in [4.78, 5) is 7.67. The fourth-order valence-electron chi connectivity index (χ4n) is 2.20. The Hall–Kier alpha value is -1.31. The van der Waals surface area contributed by atoms with Gasteiger partial charge in [0.2, 0.25) is 0 Å². The lowest BCUT2D eigenvalue weighted by molar-refractivity contribution is 0.584. The third-order valence-electron chi connectivity index (χ3n) is 2.97. The molecule has 0 saturated heterocycles. The van der Waals surface area contributed by atoms with Crippen LogP contribution < -0.4 is 0 Å². The van der Waals surface area contributed by atoms with Gasteiger partial charge in [0, 0.05) is 17.8 Å². The van der Waals surface area contributed by atoms with Crippen molar-refractivity contribution in [3.8, 4) is 0 Å². The third kappa shape index (κ3) is 1.54. The Morgan fingerprint density at radius 2 is 1.87 bits per heavy atom. The molecular formula is C13H18N2. The van der Waals surface area contributed by atoms with Crippen molar-refractivity contribution in [3.63, 3.8) is 0 Å². The number of aryl methyl sites for hydroxylation is 2. The van der Waals surface area contributed by atoms with Gasteiger partial charge >= 0.3 is 0 Å². The van der Waals surface area contributed by atoms with Crippen LogP contribution in [0.3, 0.4) is 0 Å². The normalized spacial score (nSPS) is 12.3. The number of H-pyrrole nitrogens is 1. The van der Waals surface area contributed by atoms with Crippen molar-refractivity contribution in [3.05, 3.63) is 29.1 Å². The summed E-state index contributed by atoms with van der Waals surface area (Å²) >= 11 is 0. The Balaban J connectivity index is 2.80. The molecule has 2 heterocycles. The van der Waals surface area contributed by atoms with Crippen LogP contribution in [0.15, 0.2) is 12.4 Å². The second kappa shape index (κ2) is 3.09. The number of hydrogen-bond donors (Lipinski definition) is 1. The zero-order chi connectivity index (χ0) is 11.2. The van der Waals surface area contributed by atoms with E-state index in [4.69, 9.17) is 0 Å². The molecule has 0 bridgehead atoms. The van der Waals surface area contributed by atoms with Gasteiger partial charge in [-0.3, -0.25) is 0 Å². The molecule has 80 valence electrons. The van der Waals surface area contributed by atoms with Crippen molar-refractivity contribution >= 4 is 11.0 Å². The molecular weight excluding hydrogens is 184 g/mol. The quantitative estimate of drug-likeness (QED) is 0.696. The van der Waals surface area contributed by atoms with E-state index in [2.05, 4.69) is 44.6 Å². The van der Waals surface area contributed by atoms with E-state index in [-0.39, 0.29) is 5.41 Å². The van der Waals surface area contributed by atoms with Gasteiger partial charge in [-0.2, -0.15) is 0 Å². The van der Waals surface area contributed by atoms with E-state index in [1.807, 2.05) is 12.4 Å². The van der Waals surface area contributed by atoms with E-state index in [0.29, 0.717) is 0 Å². The van der Waals surface area contributed by atoms with Gasteiger partial charge in [0.25, 0.3) is 0 Å². The van der Waals surface area contributed by atoms with E-state index in [1.165, 1.54) is 22.1 Å². The van der Waals surface area contributed by atoms with Crippen molar-refractivity contribution < 1.29 is 0 Å². The second-order valence-corrected chi connectivity index (χ2v) is 5.24. The zero-order valence-electron chi connectivity index (χ0n) is 10.1. The number of pyridine rings is 1. The number of fused-ring (bicyclic) bond motifs is 1. The first-order valence-corrected chi connectivity index (χ1v) is 5.35. The minimum absolute atomic E-state index is 0.162. The number of rotatable bonds is 0. The van der Waals surface area contributed by atoms with Crippen molar-refractivity contribution in [2.45, 2.75) is 40.0 Å². The molecule has 0 aliphatic carbocycles. The minimum atomic E-state index is 0.162. The van der Waals surface area contributed by atoms with E-state index in [1.54, 1.807) is 0 Å². The third-order valence-corrected chi connectivity index (χ3v) is 2.97.